The molecule has 0 saturated heterocycles. The normalized spacial score (nSPS) is 9.62. The van der Waals surface area contributed by atoms with E-state index in [1.807, 2.05) is 5.48 Å². The highest BCUT2D eigenvalue weighted by Gasteiger charge is 2.02. The van der Waals surface area contributed by atoms with Crippen molar-refractivity contribution in [1.29, 1.82) is 0 Å². The standard InChI is InChI=1S/C6H12N2O5/c7-1-2-12-3-5(9)8-13-4-6(10)11/h1-4,7H2,(H,8,9)(H,10,11). The second kappa shape index (κ2) is 7.47. The Morgan fingerprint density at radius 1 is 1.38 bits per heavy atom. The number of aliphatic carboxylic acids is 1. The molecule has 76 valence electrons. The van der Waals surface area contributed by atoms with Gasteiger partial charge >= 0.3 is 5.97 Å². The Balaban J connectivity index is 3.25. The van der Waals surface area contributed by atoms with Crippen molar-refractivity contribution in [2.75, 3.05) is 26.4 Å². The number of hydrogen-bond donors (Lipinski definition) is 3. The van der Waals surface area contributed by atoms with Crippen molar-refractivity contribution >= 4 is 11.9 Å². The predicted molar refractivity (Wildman–Crippen MR) is 41.6 cm³/mol. The number of hydroxylamine groups is 1. The molecule has 0 aliphatic carbocycles. The summed E-state index contributed by atoms with van der Waals surface area (Å²) >= 11 is 0. The van der Waals surface area contributed by atoms with Gasteiger partial charge in [0.15, 0.2) is 6.61 Å². The largest absolute Gasteiger partial charge is 0.479 e. The van der Waals surface area contributed by atoms with Gasteiger partial charge < -0.3 is 15.6 Å². The Morgan fingerprint density at radius 3 is 2.62 bits per heavy atom. The van der Waals surface area contributed by atoms with Crippen LogP contribution in [0.15, 0.2) is 0 Å². The molecule has 0 atom stereocenters. The number of carbonyl (C=O) groups excluding carboxylic acids is 1. The lowest BCUT2D eigenvalue weighted by molar-refractivity contribution is -0.150. The zero-order chi connectivity index (χ0) is 10.1. The average Bonchev–Trinajstić information content (AvgIpc) is 2.04. The van der Waals surface area contributed by atoms with Crippen LogP contribution in [-0.4, -0.2) is 43.3 Å². The number of nitrogens with one attached hydrogen (secondary N) is 1. The van der Waals surface area contributed by atoms with Gasteiger partial charge in [0, 0.05) is 6.54 Å². The molecular weight excluding hydrogens is 180 g/mol. The van der Waals surface area contributed by atoms with Crippen LogP contribution in [0.4, 0.5) is 0 Å². The molecule has 0 aliphatic heterocycles. The Morgan fingerprint density at radius 2 is 2.08 bits per heavy atom. The number of amides is 1. The van der Waals surface area contributed by atoms with Gasteiger partial charge in [0.2, 0.25) is 0 Å². The van der Waals surface area contributed by atoms with E-state index in [1.54, 1.807) is 0 Å². The van der Waals surface area contributed by atoms with Gasteiger partial charge in [-0.3, -0.25) is 9.63 Å². The van der Waals surface area contributed by atoms with E-state index in [2.05, 4.69) is 4.84 Å². The van der Waals surface area contributed by atoms with Gasteiger partial charge in [-0.05, 0) is 0 Å². The molecule has 0 saturated carbocycles. The van der Waals surface area contributed by atoms with E-state index in [-0.39, 0.29) is 13.2 Å². The highest BCUT2D eigenvalue weighted by molar-refractivity contribution is 5.76. The number of rotatable bonds is 7. The first-order valence-corrected chi connectivity index (χ1v) is 3.57. The topological polar surface area (TPSA) is 111 Å². The van der Waals surface area contributed by atoms with Crippen LogP contribution in [0.2, 0.25) is 0 Å². The van der Waals surface area contributed by atoms with Crippen molar-refractivity contribution in [3.8, 4) is 0 Å². The fourth-order valence-corrected chi connectivity index (χ4v) is 0.456. The summed E-state index contributed by atoms with van der Waals surface area (Å²) in [7, 11) is 0. The summed E-state index contributed by atoms with van der Waals surface area (Å²) in [6.45, 7) is -0.185. The minimum atomic E-state index is -1.16. The van der Waals surface area contributed by atoms with E-state index in [1.165, 1.54) is 0 Å². The molecule has 0 bridgehead atoms. The summed E-state index contributed by atoms with van der Waals surface area (Å²) in [5, 5.41) is 8.12. The van der Waals surface area contributed by atoms with Crippen LogP contribution in [0, 0.1) is 0 Å². The summed E-state index contributed by atoms with van der Waals surface area (Å²) in [5.74, 6) is -1.71. The van der Waals surface area contributed by atoms with E-state index >= 15 is 0 Å². The Bertz CT molecular complexity index is 172. The van der Waals surface area contributed by atoms with Crippen LogP contribution in [0.3, 0.4) is 0 Å². The smallest absolute Gasteiger partial charge is 0.332 e. The molecule has 7 heteroatoms. The van der Waals surface area contributed by atoms with Crippen molar-refractivity contribution in [2.24, 2.45) is 5.73 Å². The van der Waals surface area contributed by atoms with Gasteiger partial charge in [0.1, 0.15) is 6.61 Å². The number of ether oxygens (including phenoxy) is 1. The molecule has 0 rings (SSSR count). The molecule has 0 unspecified atom stereocenters. The molecule has 0 heterocycles. The van der Waals surface area contributed by atoms with Crippen molar-refractivity contribution in [3.63, 3.8) is 0 Å². The van der Waals surface area contributed by atoms with Gasteiger partial charge in [0.25, 0.3) is 5.91 Å². The lowest BCUT2D eigenvalue weighted by Gasteiger charge is -2.03. The maximum Gasteiger partial charge on any atom is 0.332 e. The van der Waals surface area contributed by atoms with Crippen molar-refractivity contribution in [1.82, 2.24) is 5.48 Å². The third-order valence-electron chi connectivity index (χ3n) is 0.877. The van der Waals surface area contributed by atoms with Crippen LogP contribution < -0.4 is 11.2 Å². The molecule has 13 heavy (non-hydrogen) atoms. The fourth-order valence-electron chi connectivity index (χ4n) is 0.456. The lowest BCUT2D eigenvalue weighted by atomic mass is 10.6. The number of nitrogens with two attached hydrogens (primary N) is 1. The SMILES string of the molecule is NCCOCC(=O)NOCC(=O)O. The highest BCUT2D eigenvalue weighted by atomic mass is 16.7. The van der Waals surface area contributed by atoms with Gasteiger partial charge in [-0.15, -0.1) is 0 Å². The first-order valence-electron chi connectivity index (χ1n) is 3.57. The number of carbonyl (C=O) groups is 2. The molecule has 0 aromatic heterocycles. The predicted octanol–water partition coefficient (Wildman–Crippen LogP) is -1.91. The lowest BCUT2D eigenvalue weighted by Crippen LogP contribution is -2.30. The monoisotopic (exact) mass is 192 g/mol. The Hall–Kier alpha value is -1.18. The second-order valence-corrected chi connectivity index (χ2v) is 2.05. The summed E-state index contributed by atoms with van der Waals surface area (Å²) in [4.78, 5) is 24.9. The van der Waals surface area contributed by atoms with Gasteiger partial charge in [-0.2, -0.15) is 0 Å². The van der Waals surface area contributed by atoms with E-state index in [4.69, 9.17) is 15.6 Å². The summed E-state index contributed by atoms with van der Waals surface area (Å²) in [6.07, 6.45) is 0. The van der Waals surface area contributed by atoms with Crippen LogP contribution in [-0.2, 0) is 19.2 Å². The van der Waals surface area contributed by atoms with E-state index in [0.29, 0.717) is 6.54 Å². The van der Waals surface area contributed by atoms with Crippen LogP contribution >= 0.6 is 0 Å². The van der Waals surface area contributed by atoms with Crippen molar-refractivity contribution in [3.05, 3.63) is 0 Å². The molecule has 0 spiro atoms. The Labute approximate surface area is 74.8 Å². The van der Waals surface area contributed by atoms with Crippen molar-refractivity contribution in [2.45, 2.75) is 0 Å². The molecule has 0 radical (unpaired) electrons. The highest BCUT2D eigenvalue weighted by Crippen LogP contribution is 1.74. The molecule has 4 N–H and O–H groups in total. The third kappa shape index (κ3) is 8.73. The maximum atomic E-state index is 10.7. The number of carboxylic acid groups (broad SMARTS) is 1. The first kappa shape index (κ1) is 11.8. The zero-order valence-electron chi connectivity index (χ0n) is 6.99. The van der Waals surface area contributed by atoms with E-state index in [0.717, 1.165) is 0 Å². The third-order valence-corrected chi connectivity index (χ3v) is 0.877. The summed E-state index contributed by atoms with van der Waals surface area (Å²) in [5.41, 5.74) is 6.98. The minimum absolute atomic E-state index is 0.198. The molecule has 0 fully saturated rings. The first-order chi connectivity index (χ1) is 6.16. The quantitative estimate of drug-likeness (QED) is 0.321. The van der Waals surface area contributed by atoms with Gasteiger partial charge in [-0.25, -0.2) is 10.3 Å². The Kier molecular flexibility index (Phi) is 6.79. The molecule has 1 amide bonds. The second-order valence-electron chi connectivity index (χ2n) is 2.05. The number of hydrogen-bond acceptors (Lipinski definition) is 5. The molecular formula is C6H12N2O5. The van der Waals surface area contributed by atoms with Crippen molar-refractivity contribution < 1.29 is 24.3 Å². The minimum Gasteiger partial charge on any atom is -0.479 e. The molecule has 0 aromatic rings. The van der Waals surface area contributed by atoms with Crippen LogP contribution in [0.1, 0.15) is 0 Å². The summed E-state index contributed by atoms with van der Waals surface area (Å²) in [6, 6.07) is 0. The van der Waals surface area contributed by atoms with E-state index in [9.17, 15) is 9.59 Å². The van der Waals surface area contributed by atoms with Crippen LogP contribution in [0.25, 0.3) is 0 Å². The molecule has 7 nitrogen and oxygen atoms in total. The summed E-state index contributed by atoms with van der Waals surface area (Å²) < 4.78 is 4.74. The van der Waals surface area contributed by atoms with Crippen LogP contribution in [0.5, 0.6) is 0 Å². The number of carboxylic acids is 1. The molecule has 0 aliphatic rings. The van der Waals surface area contributed by atoms with Gasteiger partial charge in [-0.1, -0.05) is 0 Å². The maximum absolute atomic E-state index is 10.7. The molecule has 0 aromatic carbocycles. The zero-order valence-corrected chi connectivity index (χ0v) is 6.99. The van der Waals surface area contributed by atoms with Gasteiger partial charge in [0.05, 0.1) is 6.61 Å². The van der Waals surface area contributed by atoms with E-state index < -0.39 is 18.5 Å². The fraction of sp³-hybridized carbons (Fsp3) is 0.667. The average molecular weight is 192 g/mol.